The van der Waals surface area contributed by atoms with E-state index in [4.69, 9.17) is 4.74 Å². The average Bonchev–Trinajstić information content (AvgIpc) is 2.78. The Morgan fingerprint density at radius 3 is 2.85 bits per heavy atom. The van der Waals surface area contributed by atoms with Crippen molar-refractivity contribution in [3.63, 3.8) is 0 Å². The number of halogens is 1. The van der Waals surface area contributed by atoms with Gasteiger partial charge in [-0.15, -0.1) is 0 Å². The Bertz CT molecular complexity index is 639. The van der Waals surface area contributed by atoms with Gasteiger partial charge in [-0.25, -0.2) is 4.39 Å². The SMILES string of the molecule is COc1cccc(CC2(O)CCc3c(F)cccc32)c1. The van der Waals surface area contributed by atoms with Crippen LogP contribution in [0.2, 0.25) is 0 Å². The van der Waals surface area contributed by atoms with Gasteiger partial charge in [0, 0.05) is 6.42 Å². The number of methoxy groups -OCH3 is 1. The predicted octanol–water partition coefficient (Wildman–Crippen LogP) is 3.21. The van der Waals surface area contributed by atoms with Crippen LogP contribution in [0.4, 0.5) is 4.39 Å². The van der Waals surface area contributed by atoms with Crippen molar-refractivity contribution in [1.29, 1.82) is 0 Å². The summed E-state index contributed by atoms with van der Waals surface area (Å²) in [6.45, 7) is 0. The zero-order chi connectivity index (χ0) is 14.2. The number of hydrogen-bond donors (Lipinski definition) is 1. The van der Waals surface area contributed by atoms with E-state index in [0.29, 0.717) is 24.8 Å². The van der Waals surface area contributed by atoms with E-state index < -0.39 is 5.60 Å². The van der Waals surface area contributed by atoms with Crippen LogP contribution in [-0.2, 0) is 18.4 Å². The second kappa shape index (κ2) is 4.91. The van der Waals surface area contributed by atoms with Gasteiger partial charge >= 0.3 is 0 Å². The molecule has 3 heteroatoms. The quantitative estimate of drug-likeness (QED) is 0.929. The molecule has 2 aromatic carbocycles. The molecule has 0 amide bonds. The van der Waals surface area contributed by atoms with E-state index in [1.54, 1.807) is 13.2 Å². The van der Waals surface area contributed by atoms with Gasteiger partial charge in [-0.1, -0.05) is 24.3 Å². The molecule has 0 heterocycles. The first-order chi connectivity index (χ1) is 9.62. The Hall–Kier alpha value is -1.87. The van der Waals surface area contributed by atoms with Gasteiger partial charge in [0.2, 0.25) is 0 Å². The van der Waals surface area contributed by atoms with Crippen LogP contribution in [-0.4, -0.2) is 12.2 Å². The Balaban J connectivity index is 1.94. The Morgan fingerprint density at radius 2 is 2.05 bits per heavy atom. The van der Waals surface area contributed by atoms with Gasteiger partial charge in [0.1, 0.15) is 11.6 Å². The molecular weight excluding hydrogens is 255 g/mol. The summed E-state index contributed by atoms with van der Waals surface area (Å²) in [5, 5.41) is 10.9. The number of benzene rings is 2. The monoisotopic (exact) mass is 272 g/mol. The minimum atomic E-state index is -0.982. The third-order valence-electron chi connectivity index (χ3n) is 4.04. The van der Waals surface area contributed by atoms with Crippen molar-refractivity contribution in [3.8, 4) is 5.75 Å². The summed E-state index contributed by atoms with van der Waals surface area (Å²) in [4.78, 5) is 0. The molecule has 2 aromatic rings. The Labute approximate surface area is 117 Å². The molecule has 1 atom stereocenters. The topological polar surface area (TPSA) is 29.5 Å². The van der Waals surface area contributed by atoms with Crippen molar-refractivity contribution in [2.45, 2.75) is 24.9 Å². The highest BCUT2D eigenvalue weighted by Crippen LogP contribution is 2.40. The molecule has 1 aliphatic carbocycles. The van der Waals surface area contributed by atoms with Crippen molar-refractivity contribution >= 4 is 0 Å². The van der Waals surface area contributed by atoms with Crippen molar-refractivity contribution in [1.82, 2.24) is 0 Å². The fourth-order valence-corrected chi connectivity index (χ4v) is 3.02. The lowest BCUT2D eigenvalue weighted by molar-refractivity contribution is 0.0389. The van der Waals surface area contributed by atoms with Gasteiger partial charge in [0.15, 0.2) is 0 Å². The number of ether oxygens (including phenoxy) is 1. The Morgan fingerprint density at radius 1 is 1.25 bits per heavy atom. The first-order valence-electron chi connectivity index (χ1n) is 6.75. The van der Waals surface area contributed by atoms with E-state index in [0.717, 1.165) is 16.9 Å². The molecule has 1 unspecified atom stereocenters. The van der Waals surface area contributed by atoms with Crippen LogP contribution in [0.15, 0.2) is 42.5 Å². The second-order valence-electron chi connectivity index (χ2n) is 5.33. The highest BCUT2D eigenvalue weighted by molar-refractivity contribution is 5.40. The summed E-state index contributed by atoms with van der Waals surface area (Å²) < 4.78 is 19.0. The van der Waals surface area contributed by atoms with Gasteiger partial charge in [0.05, 0.1) is 12.7 Å². The highest BCUT2D eigenvalue weighted by Gasteiger charge is 2.38. The minimum Gasteiger partial charge on any atom is -0.497 e. The molecule has 104 valence electrons. The van der Waals surface area contributed by atoms with Crippen LogP contribution in [0.3, 0.4) is 0 Å². The van der Waals surface area contributed by atoms with Gasteiger partial charge in [-0.05, 0) is 47.7 Å². The van der Waals surface area contributed by atoms with Crippen LogP contribution in [0.5, 0.6) is 5.75 Å². The number of aliphatic hydroxyl groups is 1. The minimum absolute atomic E-state index is 0.218. The van der Waals surface area contributed by atoms with Crippen molar-refractivity contribution in [3.05, 3.63) is 65.0 Å². The van der Waals surface area contributed by atoms with Crippen molar-refractivity contribution in [2.75, 3.05) is 7.11 Å². The molecule has 0 spiro atoms. The van der Waals surface area contributed by atoms with Crippen LogP contribution in [0.1, 0.15) is 23.1 Å². The Kier molecular flexibility index (Phi) is 3.22. The van der Waals surface area contributed by atoms with Gasteiger partial charge < -0.3 is 9.84 Å². The second-order valence-corrected chi connectivity index (χ2v) is 5.33. The van der Waals surface area contributed by atoms with E-state index >= 15 is 0 Å². The maximum Gasteiger partial charge on any atom is 0.126 e. The molecular formula is C17H17FO2. The van der Waals surface area contributed by atoms with Crippen molar-refractivity contribution < 1.29 is 14.2 Å². The van der Waals surface area contributed by atoms with Gasteiger partial charge in [-0.2, -0.15) is 0 Å². The fourth-order valence-electron chi connectivity index (χ4n) is 3.02. The van der Waals surface area contributed by atoms with E-state index in [-0.39, 0.29) is 5.82 Å². The lowest BCUT2D eigenvalue weighted by atomic mass is 9.88. The van der Waals surface area contributed by atoms with Crippen LogP contribution >= 0.6 is 0 Å². The lowest BCUT2D eigenvalue weighted by Gasteiger charge is -2.24. The molecule has 0 saturated heterocycles. The smallest absolute Gasteiger partial charge is 0.126 e. The zero-order valence-corrected chi connectivity index (χ0v) is 11.4. The predicted molar refractivity (Wildman–Crippen MR) is 75.3 cm³/mol. The van der Waals surface area contributed by atoms with Gasteiger partial charge in [0.25, 0.3) is 0 Å². The summed E-state index contributed by atoms with van der Waals surface area (Å²) in [5.41, 5.74) is 1.38. The zero-order valence-electron chi connectivity index (χ0n) is 11.4. The third kappa shape index (κ3) is 2.18. The molecule has 0 radical (unpaired) electrons. The summed E-state index contributed by atoms with van der Waals surface area (Å²) in [7, 11) is 1.62. The van der Waals surface area contributed by atoms with Crippen LogP contribution in [0, 0.1) is 5.82 Å². The molecule has 1 N–H and O–H groups in total. The first-order valence-corrected chi connectivity index (χ1v) is 6.75. The van der Waals surface area contributed by atoms with E-state index in [2.05, 4.69) is 0 Å². The van der Waals surface area contributed by atoms with Crippen molar-refractivity contribution in [2.24, 2.45) is 0 Å². The third-order valence-corrected chi connectivity index (χ3v) is 4.04. The molecule has 2 nitrogen and oxygen atoms in total. The standard InChI is InChI=1S/C17H17FO2/c1-20-13-5-2-4-12(10-13)11-17(19)9-8-14-15(17)6-3-7-16(14)18/h2-7,10,19H,8-9,11H2,1H3. The fraction of sp³-hybridized carbons (Fsp3) is 0.294. The number of hydrogen-bond acceptors (Lipinski definition) is 2. The van der Waals surface area contributed by atoms with Gasteiger partial charge in [-0.3, -0.25) is 0 Å². The molecule has 1 aliphatic rings. The molecule has 0 saturated carbocycles. The first kappa shape index (κ1) is 13.1. The largest absolute Gasteiger partial charge is 0.497 e. The molecule has 0 fully saturated rings. The summed E-state index contributed by atoms with van der Waals surface area (Å²) in [6.07, 6.45) is 1.61. The molecule has 20 heavy (non-hydrogen) atoms. The molecule has 0 bridgehead atoms. The van der Waals surface area contributed by atoms with E-state index in [1.807, 2.05) is 30.3 Å². The van der Waals surface area contributed by atoms with Crippen LogP contribution < -0.4 is 4.74 Å². The van der Waals surface area contributed by atoms with Crippen LogP contribution in [0.25, 0.3) is 0 Å². The number of fused-ring (bicyclic) bond motifs is 1. The highest BCUT2D eigenvalue weighted by atomic mass is 19.1. The summed E-state index contributed by atoms with van der Waals surface area (Å²) in [5.74, 6) is 0.549. The molecule has 0 aliphatic heterocycles. The summed E-state index contributed by atoms with van der Waals surface area (Å²) >= 11 is 0. The number of rotatable bonds is 3. The maximum absolute atomic E-state index is 13.8. The summed E-state index contributed by atoms with van der Waals surface area (Å²) in [6, 6.07) is 12.6. The normalized spacial score (nSPS) is 20.8. The molecule has 0 aromatic heterocycles. The molecule has 3 rings (SSSR count). The van der Waals surface area contributed by atoms with E-state index in [1.165, 1.54) is 6.07 Å². The lowest BCUT2D eigenvalue weighted by Crippen LogP contribution is -2.25. The average molecular weight is 272 g/mol. The van der Waals surface area contributed by atoms with E-state index in [9.17, 15) is 9.50 Å². The maximum atomic E-state index is 13.8.